The second-order valence-corrected chi connectivity index (χ2v) is 12.7. The van der Waals surface area contributed by atoms with Crippen molar-refractivity contribution in [3.8, 4) is 33.6 Å². The molecule has 0 N–H and O–H groups in total. The average molecular weight is 780 g/mol. The summed E-state index contributed by atoms with van der Waals surface area (Å²) in [5, 5.41) is 1.91. The van der Waals surface area contributed by atoms with Crippen molar-refractivity contribution in [2.24, 2.45) is 0 Å². The third-order valence-electron chi connectivity index (χ3n) is 8.27. The quantitative estimate of drug-likeness (QED) is 0.168. The largest absolute Gasteiger partial charge is 0.506 e. The van der Waals surface area contributed by atoms with Gasteiger partial charge in [0, 0.05) is 61.1 Å². The zero-order chi connectivity index (χ0) is 31.7. The third-order valence-corrected chi connectivity index (χ3v) is 8.27. The summed E-state index contributed by atoms with van der Waals surface area (Å²) in [6.45, 7) is 14.9. The first-order chi connectivity index (χ1) is 21.6. The summed E-state index contributed by atoms with van der Waals surface area (Å²) in [6, 6.07) is 33.7. The van der Waals surface area contributed by atoms with E-state index in [2.05, 4.69) is 113 Å². The molecule has 0 bridgehead atoms. The Bertz CT molecular complexity index is 2090. The van der Waals surface area contributed by atoms with Crippen molar-refractivity contribution in [1.29, 1.82) is 0 Å². The van der Waals surface area contributed by atoms with Crippen molar-refractivity contribution >= 4 is 21.9 Å². The second-order valence-electron chi connectivity index (χ2n) is 12.7. The number of pyridine rings is 3. The van der Waals surface area contributed by atoms with Gasteiger partial charge in [0.15, 0.2) is 0 Å². The number of hydrogen-bond acceptors (Lipinski definition) is 4. The zero-order valence-electron chi connectivity index (χ0n) is 27.3. The van der Waals surface area contributed by atoms with Crippen molar-refractivity contribution in [3.63, 3.8) is 0 Å². The molecule has 0 amide bonds. The van der Waals surface area contributed by atoms with E-state index in [1.54, 1.807) is 6.26 Å². The number of aromatic nitrogens is 3. The van der Waals surface area contributed by atoms with Crippen LogP contribution in [-0.4, -0.2) is 15.0 Å². The molecule has 0 saturated carbocycles. The molecule has 5 heteroatoms. The smallest absolute Gasteiger partial charge is 0.0847 e. The van der Waals surface area contributed by atoms with Crippen LogP contribution in [0, 0.1) is 39.8 Å². The maximum atomic E-state index is 5.77. The monoisotopic (exact) mass is 780 g/mol. The molecular weight excluding hydrogens is 743 g/mol. The van der Waals surface area contributed by atoms with Crippen LogP contribution in [0.1, 0.15) is 48.7 Å². The maximum Gasteiger partial charge on any atom is 0.0847 e. The van der Waals surface area contributed by atoms with Crippen LogP contribution >= 0.6 is 0 Å². The SMILES string of the molecule is CC(C)(C)c1ccc2c(-c3cc(-c4ccccc4)ccn3)[c-]c3ccoc3c2n1.Cc1c[c-]c(-c2cc(C)c(C)cn2)cc1C.[Ir]. The van der Waals surface area contributed by atoms with Crippen LogP contribution in [0.5, 0.6) is 0 Å². The van der Waals surface area contributed by atoms with E-state index in [4.69, 9.17) is 9.40 Å². The molecule has 7 rings (SSSR count). The van der Waals surface area contributed by atoms with Gasteiger partial charge in [-0.15, -0.1) is 41.0 Å². The molecule has 1 radical (unpaired) electrons. The Morgan fingerprint density at radius 3 is 2.20 bits per heavy atom. The van der Waals surface area contributed by atoms with E-state index in [9.17, 15) is 0 Å². The van der Waals surface area contributed by atoms with Gasteiger partial charge >= 0.3 is 0 Å². The minimum absolute atomic E-state index is 0. The van der Waals surface area contributed by atoms with Gasteiger partial charge in [-0.25, -0.2) is 0 Å². The van der Waals surface area contributed by atoms with Gasteiger partial charge in [-0.2, -0.15) is 0 Å². The van der Waals surface area contributed by atoms with Gasteiger partial charge in [0.25, 0.3) is 0 Å². The number of nitrogens with zero attached hydrogens (tertiary/aromatic N) is 3. The van der Waals surface area contributed by atoms with Crippen molar-refractivity contribution in [2.75, 3.05) is 0 Å². The van der Waals surface area contributed by atoms with Gasteiger partial charge in [-0.3, -0.25) is 9.97 Å². The third kappa shape index (κ3) is 6.87. The Kier molecular flexibility index (Phi) is 9.67. The summed E-state index contributed by atoms with van der Waals surface area (Å²) in [5.41, 5.74) is 13.9. The molecule has 0 aliphatic heterocycles. The second kappa shape index (κ2) is 13.5. The Morgan fingerprint density at radius 1 is 0.717 bits per heavy atom. The molecule has 0 atom stereocenters. The van der Waals surface area contributed by atoms with Crippen LogP contribution in [-0.2, 0) is 25.5 Å². The van der Waals surface area contributed by atoms with Gasteiger partial charge in [0.05, 0.1) is 5.58 Å². The molecule has 7 aromatic rings. The predicted molar refractivity (Wildman–Crippen MR) is 185 cm³/mol. The summed E-state index contributed by atoms with van der Waals surface area (Å²) < 4.78 is 5.77. The molecule has 4 heterocycles. The number of benzene rings is 3. The molecule has 0 aliphatic rings. The molecule has 46 heavy (non-hydrogen) atoms. The van der Waals surface area contributed by atoms with Crippen molar-refractivity contribution in [2.45, 2.75) is 53.9 Å². The fourth-order valence-corrected chi connectivity index (χ4v) is 5.22. The van der Waals surface area contributed by atoms with Gasteiger partial charge in [-0.1, -0.05) is 111 Å². The number of hydrogen-bond donors (Lipinski definition) is 0. The number of rotatable bonds is 3. The van der Waals surface area contributed by atoms with E-state index in [0.717, 1.165) is 61.2 Å². The topological polar surface area (TPSA) is 51.8 Å². The van der Waals surface area contributed by atoms with E-state index < -0.39 is 0 Å². The average Bonchev–Trinajstić information content (AvgIpc) is 3.53. The minimum atomic E-state index is -0.0434. The van der Waals surface area contributed by atoms with Crippen molar-refractivity contribution in [1.82, 2.24) is 15.0 Å². The van der Waals surface area contributed by atoms with E-state index in [1.807, 2.05) is 48.8 Å². The molecule has 4 aromatic heterocycles. The first-order valence-electron chi connectivity index (χ1n) is 15.3. The van der Waals surface area contributed by atoms with Crippen LogP contribution in [0.4, 0.5) is 0 Å². The normalized spacial score (nSPS) is 11.2. The summed E-state index contributed by atoms with van der Waals surface area (Å²) in [7, 11) is 0. The molecule has 3 aromatic carbocycles. The molecule has 0 spiro atoms. The van der Waals surface area contributed by atoms with Crippen LogP contribution in [0.2, 0.25) is 0 Å². The standard InChI is InChI=1S/C26H21N2O.C15H16N.Ir/c1-26(2,3)23-10-9-20-21(15-19-12-14-29-25(19)24(20)28-23)22-16-18(11-13-27-22)17-7-5-4-6-8-17;1-10-5-6-14(7-11(10)2)15-8-12(3)13(4)9-16-15;/h4-14,16H,1-3H3;5,7-9H,1-4H3;/q2*-1;. The van der Waals surface area contributed by atoms with E-state index in [-0.39, 0.29) is 25.5 Å². The Morgan fingerprint density at radius 2 is 1.48 bits per heavy atom. The number of furan rings is 1. The Balaban J connectivity index is 0.000000209. The van der Waals surface area contributed by atoms with Crippen LogP contribution < -0.4 is 0 Å². The summed E-state index contributed by atoms with van der Waals surface area (Å²) in [5.74, 6) is 0. The van der Waals surface area contributed by atoms with Gasteiger partial charge in [0.1, 0.15) is 0 Å². The van der Waals surface area contributed by atoms with E-state index >= 15 is 0 Å². The Labute approximate surface area is 285 Å². The maximum absolute atomic E-state index is 5.77. The molecule has 0 fully saturated rings. The number of fused-ring (bicyclic) bond motifs is 3. The van der Waals surface area contributed by atoms with Crippen molar-refractivity contribution < 1.29 is 24.5 Å². The molecule has 0 unspecified atom stereocenters. The molecule has 4 nitrogen and oxygen atoms in total. The van der Waals surface area contributed by atoms with Crippen LogP contribution in [0.3, 0.4) is 0 Å². The molecule has 0 saturated heterocycles. The predicted octanol–water partition coefficient (Wildman–Crippen LogP) is 10.6. The van der Waals surface area contributed by atoms with E-state index in [0.29, 0.717) is 0 Å². The summed E-state index contributed by atoms with van der Waals surface area (Å²) in [4.78, 5) is 14.1. The molecular formula is C41H37IrN3O-2. The summed E-state index contributed by atoms with van der Waals surface area (Å²) >= 11 is 0. The van der Waals surface area contributed by atoms with Gasteiger partial charge < -0.3 is 9.40 Å². The minimum Gasteiger partial charge on any atom is -0.506 e. The molecule has 0 aliphatic carbocycles. The number of aryl methyl sites for hydroxylation is 4. The van der Waals surface area contributed by atoms with Crippen LogP contribution in [0.25, 0.3) is 55.5 Å². The summed E-state index contributed by atoms with van der Waals surface area (Å²) in [6.07, 6.45) is 5.48. The fraction of sp³-hybridized carbons (Fsp3) is 0.195. The first kappa shape index (κ1) is 32.9. The van der Waals surface area contributed by atoms with E-state index in [1.165, 1.54) is 22.3 Å². The van der Waals surface area contributed by atoms with Gasteiger partial charge in [-0.05, 0) is 48.4 Å². The fourth-order valence-electron chi connectivity index (χ4n) is 5.22. The molecule has 233 valence electrons. The van der Waals surface area contributed by atoms with Gasteiger partial charge in [0.2, 0.25) is 0 Å². The Hall–Kier alpha value is -4.44. The van der Waals surface area contributed by atoms with Crippen molar-refractivity contribution in [3.05, 3.63) is 138 Å². The first-order valence-corrected chi connectivity index (χ1v) is 15.3. The zero-order valence-corrected chi connectivity index (χ0v) is 29.7. The van der Waals surface area contributed by atoms with Crippen LogP contribution in [0.15, 0.2) is 102 Å².